The maximum Gasteiger partial charge on any atom is 0.0514 e. The SMILES string of the molecule is Cc1cc(C)cc(NC(C)C2CCOC2)c1. The van der Waals surface area contributed by atoms with Crippen LogP contribution in [0.1, 0.15) is 24.5 Å². The second kappa shape index (κ2) is 4.88. The lowest BCUT2D eigenvalue weighted by atomic mass is 10.00. The molecule has 1 N–H and O–H groups in total. The minimum atomic E-state index is 0.490. The Labute approximate surface area is 98.0 Å². The van der Waals surface area contributed by atoms with Crippen LogP contribution in [-0.2, 0) is 4.74 Å². The molecule has 2 heteroatoms. The number of hydrogen-bond donors (Lipinski definition) is 1. The Morgan fingerprint density at radius 3 is 2.50 bits per heavy atom. The highest BCUT2D eigenvalue weighted by atomic mass is 16.5. The molecule has 1 saturated heterocycles. The quantitative estimate of drug-likeness (QED) is 0.843. The summed E-state index contributed by atoms with van der Waals surface area (Å²) in [7, 11) is 0. The van der Waals surface area contributed by atoms with Crippen LogP contribution in [-0.4, -0.2) is 19.3 Å². The van der Waals surface area contributed by atoms with Gasteiger partial charge in [0.25, 0.3) is 0 Å². The van der Waals surface area contributed by atoms with E-state index in [2.05, 4.69) is 44.3 Å². The van der Waals surface area contributed by atoms with Gasteiger partial charge in [0.1, 0.15) is 0 Å². The van der Waals surface area contributed by atoms with Gasteiger partial charge in [-0.1, -0.05) is 6.07 Å². The third kappa shape index (κ3) is 2.76. The van der Waals surface area contributed by atoms with E-state index in [4.69, 9.17) is 4.74 Å². The number of hydrogen-bond acceptors (Lipinski definition) is 2. The molecule has 1 aliphatic rings. The number of nitrogens with one attached hydrogen (secondary N) is 1. The van der Waals surface area contributed by atoms with Gasteiger partial charge < -0.3 is 10.1 Å². The third-order valence-electron chi connectivity index (χ3n) is 3.29. The van der Waals surface area contributed by atoms with E-state index < -0.39 is 0 Å². The number of ether oxygens (including phenoxy) is 1. The van der Waals surface area contributed by atoms with Crippen LogP contribution in [0.5, 0.6) is 0 Å². The summed E-state index contributed by atoms with van der Waals surface area (Å²) in [6, 6.07) is 7.11. The molecule has 0 aliphatic carbocycles. The lowest BCUT2D eigenvalue weighted by Gasteiger charge is -2.21. The Bertz CT molecular complexity index is 336. The van der Waals surface area contributed by atoms with E-state index in [0.717, 1.165) is 13.2 Å². The summed E-state index contributed by atoms with van der Waals surface area (Å²) in [6.07, 6.45) is 1.18. The normalized spacial score (nSPS) is 22.1. The lowest BCUT2D eigenvalue weighted by Crippen LogP contribution is -2.26. The smallest absolute Gasteiger partial charge is 0.0514 e. The van der Waals surface area contributed by atoms with Crippen molar-refractivity contribution in [3.63, 3.8) is 0 Å². The molecule has 0 spiro atoms. The average molecular weight is 219 g/mol. The molecule has 0 aromatic heterocycles. The van der Waals surface area contributed by atoms with Crippen molar-refractivity contribution in [3.05, 3.63) is 29.3 Å². The van der Waals surface area contributed by atoms with E-state index in [1.165, 1.54) is 23.2 Å². The fourth-order valence-corrected chi connectivity index (χ4v) is 2.39. The standard InChI is InChI=1S/C14H21NO/c1-10-6-11(2)8-14(7-10)15-12(3)13-4-5-16-9-13/h6-8,12-13,15H,4-5,9H2,1-3H3. The topological polar surface area (TPSA) is 21.3 Å². The first-order chi connectivity index (χ1) is 7.65. The molecule has 2 nitrogen and oxygen atoms in total. The molecule has 88 valence electrons. The van der Waals surface area contributed by atoms with Crippen LogP contribution in [0.4, 0.5) is 5.69 Å². The fourth-order valence-electron chi connectivity index (χ4n) is 2.39. The van der Waals surface area contributed by atoms with Crippen molar-refractivity contribution in [2.45, 2.75) is 33.2 Å². The van der Waals surface area contributed by atoms with E-state index in [0.29, 0.717) is 12.0 Å². The number of rotatable bonds is 3. The summed E-state index contributed by atoms with van der Waals surface area (Å²) in [6.45, 7) is 8.35. The van der Waals surface area contributed by atoms with Gasteiger partial charge in [-0.25, -0.2) is 0 Å². The van der Waals surface area contributed by atoms with Gasteiger partial charge in [0.15, 0.2) is 0 Å². The summed E-state index contributed by atoms with van der Waals surface area (Å²) in [4.78, 5) is 0. The molecule has 1 aromatic rings. The molecule has 16 heavy (non-hydrogen) atoms. The van der Waals surface area contributed by atoms with Crippen molar-refractivity contribution >= 4 is 5.69 Å². The predicted molar refractivity (Wildman–Crippen MR) is 67.9 cm³/mol. The van der Waals surface area contributed by atoms with Gasteiger partial charge in [0.2, 0.25) is 0 Å². The molecule has 1 heterocycles. The largest absolute Gasteiger partial charge is 0.382 e. The van der Waals surface area contributed by atoms with E-state index in [1.54, 1.807) is 0 Å². The summed E-state index contributed by atoms with van der Waals surface area (Å²) in [5.41, 5.74) is 3.87. The van der Waals surface area contributed by atoms with Gasteiger partial charge in [-0.05, 0) is 50.5 Å². The highest BCUT2D eigenvalue weighted by molar-refractivity contribution is 5.49. The number of aryl methyl sites for hydroxylation is 2. The van der Waals surface area contributed by atoms with Crippen LogP contribution in [0.2, 0.25) is 0 Å². The zero-order valence-corrected chi connectivity index (χ0v) is 10.4. The van der Waals surface area contributed by atoms with Crippen molar-refractivity contribution in [1.82, 2.24) is 0 Å². The first-order valence-electron chi connectivity index (χ1n) is 6.08. The van der Waals surface area contributed by atoms with Gasteiger partial charge in [-0.15, -0.1) is 0 Å². The Morgan fingerprint density at radius 1 is 1.25 bits per heavy atom. The Hall–Kier alpha value is -1.02. The van der Waals surface area contributed by atoms with Crippen LogP contribution in [0.15, 0.2) is 18.2 Å². The monoisotopic (exact) mass is 219 g/mol. The van der Waals surface area contributed by atoms with Crippen molar-refractivity contribution in [2.24, 2.45) is 5.92 Å². The summed E-state index contributed by atoms with van der Waals surface area (Å²) < 4.78 is 5.42. The zero-order chi connectivity index (χ0) is 11.5. The number of anilines is 1. The van der Waals surface area contributed by atoms with E-state index in [1.807, 2.05) is 0 Å². The fraction of sp³-hybridized carbons (Fsp3) is 0.571. The first kappa shape index (κ1) is 11.5. The maximum absolute atomic E-state index is 5.42. The van der Waals surface area contributed by atoms with E-state index >= 15 is 0 Å². The van der Waals surface area contributed by atoms with Crippen LogP contribution in [0.25, 0.3) is 0 Å². The molecule has 0 radical (unpaired) electrons. The van der Waals surface area contributed by atoms with E-state index in [-0.39, 0.29) is 0 Å². The van der Waals surface area contributed by atoms with Crippen LogP contribution >= 0.6 is 0 Å². The van der Waals surface area contributed by atoms with Gasteiger partial charge >= 0.3 is 0 Å². The summed E-state index contributed by atoms with van der Waals surface area (Å²) in [5.74, 6) is 0.654. The molecule has 1 fully saturated rings. The molecule has 2 unspecified atom stereocenters. The van der Waals surface area contributed by atoms with Crippen molar-refractivity contribution in [3.8, 4) is 0 Å². The van der Waals surface area contributed by atoms with Gasteiger partial charge in [-0.2, -0.15) is 0 Å². The maximum atomic E-state index is 5.42. The highest BCUT2D eigenvalue weighted by Crippen LogP contribution is 2.21. The number of benzene rings is 1. The second-order valence-corrected chi connectivity index (χ2v) is 4.93. The minimum absolute atomic E-state index is 0.490. The molecule has 0 saturated carbocycles. The van der Waals surface area contributed by atoms with Crippen molar-refractivity contribution < 1.29 is 4.74 Å². The Balaban J connectivity index is 2.02. The molecule has 2 rings (SSSR count). The highest BCUT2D eigenvalue weighted by Gasteiger charge is 2.21. The Morgan fingerprint density at radius 2 is 1.94 bits per heavy atom. The van der Waals surface area contributed by atoms with Crippen LogP contribution < -0.4 is 5.32 Å². The first-order valence-corrected chi connectivity index (χ1v) is 6.08. The molecule has 0 bridgehead atoms. The Kier molecular flexibility index (Phi) is 3.49. The molecular formula is C14H21NO. The van der Waals surface area contributed by atoms with Crippen molar-refractivity contribution in [2.75, 3.05) is 18.5 Å². The average Bonchev–Trinajstić information content (AvgIpc) is 2.68. The van der Waals surface area contributed by atoms with Gasteiger partial charge in [0, 0.05) is 24.3 Å². The second-order valence-electron chi connectivity index (χ2n) is 4.93. The lowest BCUT2D eigenvalue weighted by molar-refractivity contribution is 0.183. The molecule has 0 amide bonds. The van der Waals surface area contributed by atoms with Crippen LogP contribution in [0.3, 0.4) is 0 Å². The summed E-state index contributed by atoms with van der Waals surface area (Å²) in [5, 5.41) is 3.59. The summed E-state index contributed by atoms with van der Waals surface area (Å²) >= 11 is 0. The zero-order valence-electron chi connectivity index (χ0n) is 10.4. The molecule has 2 atom stereocenters. The van der Waals surface area contributed by atoms with Crippen LogP contribution in [0, 0.1) is 19.8 Å². The predicted octanol–water partition coefficient (Wildman–Crippen LogP) is 3.14. The van der Waals surface area contributed by atoms with E-state index in [9.17, 15) is 0 Å². The van der Waals surface area contributed by atoms with Gasteiger partial charge in [-0.3, -0.25) is 0 Å². The molecule has 1 aliphatic heterocycles. The third-order valence-corrected chi connectivity index (χ3v) is 3.29. The molecule has 1 aromatic carbocycles. The molecular weight excluding hydrogens is 198 g/mol. The van der Waals surface area contributed by atoms with Crippen molar-refractivity contribution in [1.29, 1.82) is 0 Å². The minimum Gasteiger partial charge on any atom is -0.382 e. The van der Waals surface area contributed by atoms with Gasteiger partial charge in [0.05, 0.1) is 6.61 Å².